The molecule has 20 heavy (non-hydrogen) atoms. The molecule has 1 aliphatic rings. The number of methoxy groups -OCH3 is 1. The van der Waals surface area contributed by atoms with Gasteiger partial charge in [0, 0.05) is 18.0 Å². The van der Waals surface area contributed by atoms with Crippen molar-refractivity contribution in [2.75, 3.05) is 12.4 Å². The van der Waals surface area contributed by atoms with E-state index < -0.39 is 0 Å². The first kappa shape index (κ1) is 12.8. The van der Waals surface area contributed by atoms with Gasteiger partial charge in [-0.05, 0) is 18.9 Å². The lowest BCUT2D eigenvalue weighted by Crippen LogP contribution is -2.07. The fraction of sp³-hybridized carbons (Fsp3) is 0.333. The third-order valence-corrected chi connectivity index (χ3v) is 3.42. The fourth-order valence-corrected chi connectivity index (χ4v) is 2.18. The smallest absolute Gasteiger partial charge is 0.187 e. The molecule has 4 nitrogen and oxygen atoms in total. The van der Waals surface area contributed by atoms with Gasteiger partial charge in [0.2, 0.25) is 0 Å². The topological polar surface area (TPSA) is 47.0 Å². The third kappa shape index (κ3) is 2.57. The van der Waals surface area contributed by atoms with Crippen LogP contribution >= 0.6 is 0 Å². The highest BCUT2D eigenvalue weighted by Gasteiger charge is 2.29. The molecule has 1 N–H and O–H groups in total. The molecule has 2 aromatic rings. The quantitative estimate of drug-likeness (QED) is 0.909. The summed E-state index contributed by atoms with van der Waals surface area (Å²) in [6, 6.07) is 7.64. The van der Waals surface area contributed by atoms with Gasteiger partial charge in [-0.1, -0.05) is 18.2 Å². The molecule has 0 bridgehead atoms. The van der Waals surface area contributed by atoms with E-state index in [4.69, 9.17) is 4.74 Å². The van der Waals surface area contributed by atoms with Gasteiger partial charge in [-0.3, -0.25) is 0 Å². The number of nitrogens with one attached hydrogen (secondary N) is 1. The SMILES string of the molecule is COc1ccccc1CNc1ncnc(C2CC2)c1F. The highest BCUT2D eigenvalue weighted by molar-refractivity contribution is 5.42. The average molecular weight is 273 g/mol. The van der Waals surface area contributed by atoms with Crippen molar-refractivity contribution in [2.45, 2.75) is 25.3 Å². The van der Waals surface area contributed by atoms with Crippen LogP contribution in [0.5, 0.6) is 5.75 Å². The predicted octanol–water partition coefficient (Wildman–Crippen LogP) is 3.11. The Labute approximate surface area is 117 Å². The normalized spacial score (nSPS) is 14.1. The number of benzene rings is 1. The second-order valence-electron chi connectivity index (χ2n) is 4.86. The number of anilines is 1. The first-order valence-corrected chi connectivity index (χ1v) is 6.65. The maximum Gasteiger partial charge on any atom is 0.187 e. The van der Waals surface area contributed by atoms with Crippen molar-refractivity contribution in [2.24, 2.45) is 0 Å². The first-order valence-electron chi connectivity index (χ1n) is 6.65. The van der Waals surface area contributed by atoms with E-state index in [2.05, 4.69) is 15.3 Å². The van der Waals surface area contributed by atoms with Crippen LogP contribution in [0.4, 0.5) is 10.2 Å². The molecular formula is C15H16FN3O. The van der Waals surface area contributed by atoms with Crippen molar-refractivity contribution in [3.8, 4) is 5.75 Å². The minimum Gasteiger partial charge on any atom is -0.496 e. The van der Waals surface area contributed by atoms with E-state index in [0.29, 0.717) is 12.2 Å². The number of para-hydroxylation sites is 1. The number of ether oxygens (including phenoxy) is 1. The Kier molecular flexibility index (Phi) is 3.50. The van der Waals surface area contributed by atoms with Crippen molar-refractivity contribution in [3.63, 3.8) is 0 Å². The monoisotopic (exact) mass is 273 g/mol. The molecule has 1 aliphatic carbocycles. The maximum absolute atomic E-state index is 14.2. The fourth-order valence-electron chi connectivity index (χ4n) is 2.18. The molecule has 1 fully saturated rings. The predicted molar refractivity (Wildman–Crippen MR) is 74.3 cm³/mol. The molecule has 0 unspecified atom stereocenters. The highest BCUT2D eigenvalue weighted by atomic mass is 19.1. The van der Waals surface area contributed by atoms with Crippen LogP contribution in [-0.2, 0) is 6.54 Å². The Bertz CT molecular complexity index is 614. The number of nitrogens with zero attached hydrogens (tertiary/aromatic N) is 2. The summed E-state index contributed by atoms with van der Waals surface area (Å²) >= 11 is 0. The minimum absolute atomic E-state index is 0.257. The Hall–Kier alpha value is -2.17. The van der Waals surface area contributed by atoms with Crippen molar-refractivity contribution < 1.29 is 9.13 Å². The molecule has 0 saturated heterocycles. The summed E-state index contributed by atoms with van der Waals surface area (Å²) in [6.45, 7) is 0.460. The van der Waals surface area contributed by atoms with Crippen LogP contribution in [0.3, 0.4) is 0 Å². The zero-order valence-electron chi connectivity index (χ0n) is 11.3. The van der Waals surface area contributed by atoms with E-state index in [0.717, 1.165) is 24.2 Å². The van der Waals surface area contributed by atoms with Crippen molar-refractivity contribution in [1.29, 1.82) is 0 Å². The van der Waals surface area contributed by atoms with Gasteiger partial charge in [-0.2, -0.15) is 0 Å². The van der Waals surface area contributed by atoms with E-state index in [9.17, 15) is 4.39 Å². The minimum atomic E-state index is -0.329. The Morgan fingerprint density at radius 3 is 2.85 bits per heavy atom. The highest BCUT2D eigenvalue weighted by Crippen LogP contribution is 2.40. The molecule has 0 atom stereocenters. The molecule has 104 valence electrons. The van der Waals surface area contributed by atoms with Crippen molar-refractivity contribution in [1.82, 2.24) is 9.97 Å². The number of hydrogen-bond acceptors (Lipinski definition) is 4. The second kappa shape index (κ2) is 5.45. The van der Waals surface area contributed by atoms with Gasteiger partial charge < -0.3 is 10.1 Å². The van der Waals surface area contributed by atoms with E-state index in [-0.39, 0.29) is 17.6 Å². The molecule has 1 aromatic carbocycles. The van der Waals surface area contributed by atoms with Crippen LogP contribution in [0.15, 0.2) is 30.6 Å². The molecule has 3 rings (SSSR count). The molecule has 0 aliphatic heterocycles. The molecule has 0 spiro atoms. The van der Waals surface area contributed by atoms with Crippen molar-refractivity contribution in [3.05, 3.63) is 47.7 Å². The molecule has 5 heteroatoms. The van der Waals surface area contributed by atoms with Gasteiger partial charge in [-0.15, -0.1) is 0 Å². The zero-order chi connectivity index (χ0) is 13.9. The Morgan fingerprint density at radius 2 is 2.10 bits per heavy atom. The van der Waals surface area contributed by atoms with Crippen LogP contribution in [0, 0.1) is 5.82 Å². The van der Waals surface area contributed by atoms with Crippen LogP contribution in [0.1, 0.15) is 30.0 Å². The lowest BCUT2D eigenvalue weighted by Gasteiger charge is -2.11. The molecule has 1 saturated carbocycles. The summed E-state index contributed by atoms with van der Waals surface area (Å²) in [6.07, 6.45) is 3.45. The summed E-state index contributed by atoms with van der Waals surface area (Å²) in [5.41, 5.74) is 1.49. The van der Waals surface area contributed by atoms with E-state index >= 15 is 0 Å². The lowest BCUT2D eigenvalue weighted by molar-refractivity contribution is 0.410. The summed E-state index contributed by atoms with van der Waals surface area (Å²) in [4.78, 5) is 8.02. The molecule has 0 amide bonds. The zero-order valence-corrected chi connectivity index (χ0v) is 11.3. The van der Waals surface area contributed by atoms with Crippen LogP contribution < -0.4 is 10.1 Å². The largest absolute Gasteiger partial charge is 0.496 e. The molecule has 0 radical (unpaired) electrons. The molecule has 1 heterocycles. The van der Waals surface area contributed by atoms with Gasteiger partial charge in [0.1, 0.15) is 12.1 Å². The Balaban J connectivity index is 1.76. The van der Waals surface area contributed by atoms with Gasteiger partial charge in [-0.25, -0.2) is 14.4 Å². The van der Waals surface area contributed by atoms with Crippen LogP contribution in [-0.4, -0.2) is 17.1 Å². The number of rotatable bonds is 5. The second-order valence-corrected chi connectivity index (χ2v) is 4.86. The molecular weight excluding hydrogens is 257 g/mol. The summed E-state index contributed by atoms with van der Waals surface area (Å²) < 4.78 is 19.5. The van der Waals surface area contributed by atoms with E-state index in [1.165, 1.54) is 6.33 Å². The van der Waals surface area contributed by atoms with Gasteiger partial charge in [0.05, 0.1) is 12.8 Å². The number of aromatic nitrogens is 2. The number of halogens is 1. The lowest BCUT2D eigenvalue weighted by atomic mass is 10.2. The summed E-state index contributed by atoms with van der Waals surface area (Å²) in [5.74, 6) is 0.972. The third-order valence-electron chi connectivity index (χ3n) is 3.42. The Morgan fingerprint density at radius 1 is 1.30 bits per heavy atom. The molecule has 1 aromatic heterocycles. The summed E-state index contributed by atoms with van der Waals surface area (Å²) in [5, 5.41) is 3.02. The van der Waals surface area contributed by atoms with Crippen LogP contribution in [0.2, 0.25) is 0 Å². The summed E-state index contributed by atoms with van der Waals surface area (Å²) in [7, 11) is 1.62. The van der Waals surface area contributed by atoms with Gasteiger partial charge in [0.25, 0.3) is 0 Å². The van der Waals surface area contributed by atoms with Gasteiger partial charge >= 0.3 is 0 Å². The van der Waals surface area contributed by atoms with Gasteiger partial charge in [0.15, 0.2) is 11.6 Å². The van der Waals surface area contributed by atoms with E-state index in [1.807, 2.05) is 24.3 Å². The first-order chi connectivity index (χ1) is 9.79. The van der Waals surface area contributed by atoms with Crippen molar-refractivity contribution >= 4 is 5.82 Å². The number of hydrogen-bond donors (Lipinski definition) is 1. The average Bonchev–Trinajstić information content (AvgIpc) is 3.31. The standard InChI is InChI=1S/C15H16FN3O/c1-20-12-5-3-2-4-11(12)8-17-15-13(16)14(10-6-7-10)18-9-19-15/h2-5,9-10H,6-8H2,1H3,(H,17,18,19). The maximum atomic E-state index is 14.2. The van der Waals surface area contributed by atoms with Crippen LogP contribution in [0.25, 0.3) is 0 Å². The van der Waals surface area contributed by atoms with E-state index in [1.54, 1.807) is 7.11 Å².